The summed E-state index contributed by atoms with van der Waals surface area (Å²) in [6, 6.07) is 6.70. The molecular formula is C16H23N3O. The van der Waals surface area contributed by atoms with Crippen molar-refractivity contribution in [1.82, 2.24) is 15.1 Å². The molecule has 0 saturated carbocycles. The standard InChI is InChI=1S/C16H23N3O/c1-18(2)15-6-8-19(11-15)16(20)13-4-3-12-5-7-17-10-14(12)9-13/h3-4,9,15,17H,5-8,10-11H2,1-2H3. The quantitative estimate of drug-likeness (QED) is 0.877. The monoisotopic (exact) mass is 273 g/mol. The van der Waals surface area contributed by atoms with Crippen molar-refractivity contribution in [3.63, 3.8) is 0 Å². The highest BCUT2D eigenvalue weighted by Gasteiger charge is 2.28. The molecule has 4 heteroatoms. The Morgan fingerprint density at radius 1 is 1.35 bits per heavy atom. The van der Waals surface area contributed by atoms with Crippen LogP contribution in [-0.4, -0.2) is 55.5 Å². The van der Waals surface area contributed by atoms with Crippen molar-refractivity contribution in [2.24, 2.45) is 0 Å². The summed E-state index contributed by atoms with van der Waals surface area (Å²) >= 11 is 0. The summed E-state index contributed by atoms with van der Waals surface area (Å²) in [6.45, 7) is 3.64. The molecular weight excluding hydrogens is 250 g/mol. The summed E-state index contributed by atoms with van der Waals surface area (Å²) in [5, 5.41) is 3.37. The van der Waals surface area contributed by atoms with Crippen LogP contribution in [-0.2, 0) is 13.0 Å². The van der Waals surface area contributed by atoms with Crippen molar-refractivity contribution in [1.29, 1.82) is 0 Å². The van der Waals surface area contributed by atoms with Crippen LogP contribution in [0.1, 0.15) is 27.9 Å². The number of fused-ring (bicyclic) bond motifs is 1. The molecule has 1 amide bonds. The van der Waals surface area contributed by atoms with Gasteiger partial charge >= 0.3 is 0 Å². The largest absolute Gasteiger partial charge is 0.337 e. The average molecular weight is 273 g/mol. The van der Waals surface area contributed by atoms with Crippen LogP contribution in [0.5, 0.6) is 0 Å². The number of carbonyl (C=O) groups is 1. The Labute approximate surface area is 120 Å². The SMILES string of the molecule is CN(C)C1CCN(C(=O)c2ccc3c(c2)CNCC3)C1. The molecule has 2 heterocycles. The summed E-state index contributed by atoms with van der Waals surface area (Å²) in [4.78, 5) is 16.8. The molecule has 0 aromatic heterocycles. The Morgan fingerprint density at radius 2 is 2.20 bits per heavy atom. The van der Waals surface area contributed by atoms with Gasteiger partial charge in [0.1, 0.15) is 0 Å². The topological polar surface area (TPSA) is 35.6 Å². The zero-order chi connectivity index (χ0) is 14.1. The number of rotatable bonds is 2. The van der Waals surface area contributed by atoms with E-state index in [1.807, 2.05) is 11.0 Å². The van der Waals surface area contributed by atoms with Crippen LogP contribution in [0.25, 0.3) is 0 Å². The Hall–Kier alpha value is -1.39. The van der Waals surface area contributed by atoms with Gasteiger partial charge in [0.15, 0.2) is 0 Å². The molecule has 1 unspecified atom stereocenters. The predicted molar refractivity (Wildman–Crippen MR) is 79.8 cm³/mol. The van der Waals surface area contributed by atoms with E-state index in [1.165, 1.54) is 11.1 Å². The maximum atomic E-state index is 12.6. The van der Waals surface area contributed by atoms with Gasteiger partial charge in [-0.05, 0) is 56.7 Å². The lowest BCUT2D eigenvalue weighted by Gasteiger charge is -2.22. The lowest BCUT2D eigenvalue weighted by atomic mass is 9.98. The zero-order valence-electron chi connectivity index (χ0n) is 12.4. The molecule has 20 heavy (non-hydrogen) atoms. The van der Waals surface area contributed by atoms with Crippen LogP contribution in [0.15, 0.2) is 18.2 Å². The molecule has 2 aliphatic rings. The molecule has 0 bridgehead atoms. The van der Waals surface area contributed by atoms with Crippen molar-refractivity contribution in [2.75, 3.05) is 33.7 Å². The number of carbonyl (C=O) groups excluding carboxylic acids is 1. The zero-order valence-corrected chi connectivity index (χ0v) is 12.4. The van der Waals surface area contributed by atoms with Gasteiger partial charge in [-0.15, -0.1) is 0 Å². The molecule has 1 aromatic rings. The summed E-state index contributed by atoms with van der Waals surface area (Å²) < 4.78 is 0. The van der Waals surface area contributed by atoms with Gasteiger partial charge in [-0.3, -0.25) is 4.79 Å². The van der Waals surface area contributed by atoms with Crippen LogP contribution < -0.4 is 5.32 Å². The lowest BCUT2D eigenvalue weighted by Crippen LogP contribution is -2.34. The lowest BCUT2D eigenvalue weighted by molar-refractivity contribution is 0.0783. The van der Waals surface area contributed by atoms with Gasteiger partial charge in [-0.2, -0.15) is 0 Å². The summed E-state index contributed by atoms with van der Waals surface area (Å²) in [7, 11) is 4.17. The molecule has 0 aliphatic carbocycles. The van der Waals surface area contributed by atoms with Gasteiger partial charge in [0, 0.05) is 31.2 Å². The molecule has 0 radical (unpaired) electrons. The molecule has 3 rings (SSSR count). The average Bonchev–Trinajstić information content (AvgIpc) is 2.96. The van der Waals surface area contributed by atoms with E-state index in [0.29, 0.717) is 6.04 Å². The van der Waals surface area contributed by atoms with Gasteiger partial charge in [0.25, 0.3) is 5.91 Å². The minimum Gasteiger partial charge on any atom is -0.337 e. The fraction of sp³-hybridized carbons (Fsp3) is 0.562. The smallest absolute Gasteiger partial charge is 0.253 e. The molecule has 0 spiro atoms. The highest BCUT2D eigenvalue weighted by atomic mass is 16.2. The first-order valence-electron chi connectivity index (χ1n) is 7.43. The van der Waals surface area contributed by atoms with E-state index in [-0.39, 0.29) is 5.91 Å². The van der Waals surface area contributed by atoms with Crippen LogP contribution in [0, 0.1) is 0 Å². The van der Waals surface area contributed by atoms with Gasteiger partial charge in [0.2, 0.25) is 0 Å². The molecule has 1 N–H and O–H groups in total. The Morgan fingerprint density at radius 3 is 2.95 bits per heavy atom. The van der Waals surface area contributed by atoms with E-state index < -0.39 is 0 Å². The molecule has 2 aliphatic heterocycles. The summed E-state index contributed by atoms with van der Waals surface area (Å²) in [5.74, 6) is 0.183. The maximum absolute atomic E-state index is 12.6. The Balaban J connectivity index is 1.74. The number of hydrogen-bond donors (Lipinski definition) is 1. The third-order valence-electron chi connectivity index (χ3n) is 4.52. The first-order valence-corrected chi connectivity index (χ1v) is 7.43. The number of hydrogen-bond acceptors (Lipinski definition) is 3. The van der Waals surface area contributed by atoms with E-state index in [0.717, 1.165) is 44.6 Å². The second-order valence-electron chi connectivity index (χ2n) is 6.07. The van der Waals surface area contributed by atoms with Gasteiger partial charge in [0.05, 0.1) is 0 Å². The number of likely N-dealkylation sites (N-methyl/N-ethyl adjacent to an activating group) is 1. The third-order valence-corrected chi connectivity index (χ3v) is 4.52. The van der Waals surface area contributed by atoms with E-state index in [2.05, 4.69) is 36.4 Å². The summed E-state index contributed by atoms with van der Waals surface area (Å²) in [5.41, 5.74) is 3.50. The molecule has 1 saturated heterocycles. The van der Waals surface area contributed by atoms with E-state index in [9.17, 15) is 4.79 Å². The number of likely N-dealkylation sites (tertiary alicyclic amines) is 1. The number of amides is 1. The van der Waals surface area contributed by atoms with Crippen molar-refractivity contribution in [2.45, 2.75) is 25.4 Å². The van der Waals surface area contributed by atoms with Gasteiger partial charge < -0.3 is 15.1 Å². The molecule has 1 aromatic carbocycles. The minimum absolute atomic E-state index is 0.183. The van der Waals surface area contributed by atoms with Crippen LogP contribution >= 0.6 is 0 Å². The summed E-state index contributed by atoms with van der Waals surface area (Å²) in [6.07, 6.45) is 2.14. The van der Waals surface area contributed by atoms with E-state index >= 15 is 0 Å². The first-order chi connectivity index (χ1) is 9.65. The fourth-order valence-corrected chi connectivity index (χ4v) is 3.14. The second-order valence-corrected chi connectivity index (χ2v) is 6.07. The molecule has 108 valence electrons. The van der Waals surface area contributed by atoms with Crippen LogP contribution in [0.4, 0.5) is 0 Å². The molecule has 4 nitrogen and oxygen atoms in total. The van der Waals surface area contributed by atoms with E-state index in [4.69, 9.17) is 0 Å². The maximum Gasteiger partial charge on any atom is 0.253 e. The number of nitrogens with one attached hydrogen (secondary N) is 1. The minimum atomic E-state index is 0.183. The predicted octanol–water partition coefficient (Wildman–Crippen LogP) is 1.11. The van der Waals surface area contributed by atoms with Crippen LogP contribution in [0.2, 0.25) is 0 Å². The van der Waals surface area contributed by atoms with E-state index in [1.54, 1.807) is 0 Å². The number of benzene rings is 1. The first kappa shape index (κ1) is 13.6. The van der Waals surface area contributed by atoms with Crippen LogP contribution in [0.3, 0.4) is 0 Å². The third kappa shape index (κ3) is 2.58. The highest BCUT2D eigenvalue weighted by Crippen LogP contribution is 2.20. The Kier molecular flexibility index (Phi) is 3.76. The second kappa shape index (κ2) is 5.54. The number of nitrogens with zero attached hydrogens (tertiary/aromatic N) is 2. The molecule has 1 fully saturated rings. The molecule has 1 atom stereocenters. The van der Waals surface area contributed by atoms with Crippen molar-refractivity contribution in [3.8, 4) is 0 Å². The van der Waals surface area contributed by atoms with Gasteiger partial charge in [-0.25, -0.2) is 0 Å². The van der Waals surface area contributed by atoms with Crippen molar-refractivity contribution >= 4 is 5.91 Å². The van der Waals surface area contributed by atoms with Gasteiger partial charge in [-0.1, -0.05) is 6.07 Å². The highest BCUT2D eigenvalue weighted by molar-refractivity contribution is 5.94. The van der Waals surface area contributed by atoms with Crippen molar-refractivity contribution in [3.05, 3.63) is 34.9 Å². The van der Waals surface area contributed by atoms with Crippen molar-refractivity contribution < 1.29 is 4.79 Å². The normalized spacial score (nSPS) is 22.1. The Bertz CT molecular complexity index is 512. The fourth-order valence-electron chi connectivity index (χ4n) is 3.14.